The van der Waals surface area contributed by atoms with Crippen molar-refractivity contribution in [3.63, 3.8) is 0 Å². The van der Waals surface area contributed by atoms with Gasteiger partial charge in [-0.2, -0.15) is 0 Å². The number of hydrogen-bond acceptors (Lipinski definition) is 3. The van der Waals surface area contributed by atoms with Crippen LogP contribution in [0.15, 0.2) is 48.6 Å². The molecule has 1 fully saturated rings. The molecule has 1 aliphatic heterocycles. The van der Waals surface area contributed by atoms with Gasteiger partial charge in [0, 0.05) is 23.2 Å². The molecule has 0 unspecified atom stereocenters. The summed E-state index contributed by atoms with van der Waals surface area (Å²) in [5.41, 5.74) is 2.81. The smallest absolute Gasteiger partial charge is 0.251 e. The van der Waals surface area contributed by atoms with Crippen LogP contribution in [-0.4, -0.2) is 31.6 Å². The lowest BCUT2D eigenvalue weighted by Crippen LogP contribution is -2.32. The van der Waals surface area contributed by atoms with Gasteiger partial charge in [0.25, 0.3) is 5.91 Å². The van der Waals surface area contributed by atoms with Gasteiger partial charge in [0.1, 0.15) is 0 Å². The Hall–Kier alpha value is -2.40. The van der Waals surface area contributed by atoms with Crippen molar-refractivity contribution >= 4 is 17.5 Å². The van der Waals surface area contributed by atoms with E-state index in [1.54, 1.807) is 24.3 Å². The van der Waals surface area contributed by atoms with Crippen molar-refractivity contribution < 1.29 is 14.3 Å². The third kappa shape index (κ3) is 3.74. The Morgan fingerprint density at radius 3 is 2.58 bits per heavy atom. The number of carbonyl (C=O) groups excluding carboxylic acids is 2. The summed E-state index contributed by atoms with van der Waals surface area (Å²) in [6, 6.07) is 6.84. The van der Waals surface area contributed by atoms with Gasteiger partial charge in [-0.05, 0) is 49.6 Å². The molecule has 1 aromatic rings. The Balaban J connectivity index is 1.56. The lowest BCUT2D eigenvalue weighted by Gasteiger charge is -2.23. The van der Waals surface area contributed by atoms with E-state index in [1.165, 1.54) is 11.6 Å². The standard InChI is InChI=1S/C19H22N2O3/c1-2-17(22)21-16-5-3-14(4-6-16)18(23)20-13-19(9-10-19)15-7-11-24-12-8-15/h2-7H,1,8-13H2,(H,20,23)(H,21,22). The van der Waals surface area contributed by atoms with Crippen molar-refractivity contribution in [1.82, 2.24) is 5.32 Å². The first-order valence-corrected chi connectivity index (χ1v) is 8.22. The second kappa shape index (κ2) is 7.01. The molecule has 1 aromatic carbocycles. The van der Waals surface area contributed by atoms with E-state index < -0.39 is 0 Å². The summed E-state index contributed by atoms with van der Waals surface area (Å²) in [4.78, 5) is 23.6. The van der Waals surface area contributed by atoms with E-state index in [4.69, 9.17) is 4.74 Å². The molecular weight excluding hydrogens is 304 g/mol. The normalized spacial score (nSPS) is 18.2. The van der Waals surface area contributed by atoms with Crippen molar-refractivity contribution in [2.24, 2.45) is 5.41 Å². The Morgan fingerprint density at radius 1 is 1.25 bits per heavy atom. The monoisotopic (exact) mass is 326 g/mol. The molecule has 5 heteroatoms. The van der Waals surface area contributed by atoms with Crippen LogP contribution in [-0.2, 0) is 9.53 Å². The van der Waals surface area contributed by atoms with E-state index in [-0.39, 0.29) is 17.2 Å². The van der Waals surface area contributed by atoms with E-state index in [0.29, 0.717) is 24.4 Å². The van der Waals surface area contributed by atoms with Crippen LogP contribution in [0.25, 0.3) is 0 Å². The van der Waals surface area contributed by atoms with Crippen LogP contribution in [0.1, 0.15) is 29.6 Å². The highest BCUT2D eigenvalue weighted by Crippen LogP contribution is 2.52. The first-order chi connectivity index (χ1) is 11.6. The predicted octanol–water partition coefficient (Wildman–Crippen LogP) is 2.67. The van der Waals surface area contributed by atoms with Crippen LogP contribution in [0.4, 0.5) is 5.69 Å². The maximum absolute atomic E-state index is 12.3. The van der Waals surface area contributed by atoms with Gasteiger partial charge in [-0.15, -0.1) is 0 Å². The van der Waals surface area contributed by atoms with Gasteiger partial charge in [0.2, 0.25) is 5.91 Å². The van der Waals surface area contributed by atoms with Crippen molar-refractivity contribution in [2.45, 2.75) is 19.3 Å². The van der Waals surface area contributed by atoms with E-state index in [9.17, 15) is 9.59 Å². The number of ether oxygens (including phenoxy) is 1. The topological polar surface area (TPSA) is 67.4 Å². The molecule has 3 rings (SSSR count). The van der Waals surface area contributed by atoms with Crippen LogP contribution in [0.5, 0.6) is 0 Å². The summed E-state index contributed by atoms with van der Waals surface area (Å²) in [6.07, 6.45) is 6.60. The fraction of sp³-hybridized carbons (Fsp3) is 0.368. The van der Waals surface area contributed by atoms with Gasteiger partial charge in [-0.1, -0.05) is 18.2 Å². The molecule has 1 heterocycles. The molecule has 0 saturated heterocycles. The summed E-state index contributed by atoms with van der Waals surface area (Å²) in [6.45, 7) is 5.54. The number of benzene rings is 1. The molecule has 0 aromatic heterocycles. The van der Waals surface area contributed by atoms with Gasteiger partial charge in [-0.25, -0.2) is 0 Å². The van der Waals surface area contributed by atoms with Crippen molar-refractivity contribution in [3.8, 4) is 0 Å². The van der Waals surface area contributed by atoms with E-state index in [0.717, 1.165) is 25.9 Å². The molecule has 1 aliphatic carbocycles. The molecule has 2 N–H and O–H groups in total. The molecule has 126 valence electrons. The molecule has 1 saturated carbocycles. The molecular formula is C19H22N2O3. The zero-order valence-electron chi connectivity index (χ0n) is 13.6. The number of rotatable bonds is 6. The molecule has 2 amide bonds. The molecule has 2 aliphatic rings. The minimum Gasteiger partial charge on any atom is -0.377 e. The van der Waals surface area contributed by atoms with Crippen molar-refractivity contribution in [1.29, 1.82) is 0 Å². The Morgan fingerprint density at radius 2 is 2.00 bits per heavy atom. The third-order valence-electron chi connectivity index (χ3n) is 4.69. The molecule has 5 nitrogen and oxygen atoms in total. The Kier molecular flexibility index (Phi) is 4.81. The molecule has 0 spiro atoms. The lowest BCUT2D eigenvalue weighted by atomic mass is 9.92. The fourth-order valence-corrected chi connectivity index (χ4v) is 3.02. The maximum atomic E-state index is 12.3. The number of nitrogens with one attached hydrogen (secondary N) is 2. The second-order valence-corrected chi connectivity index (χ2v) is 6.29. The lowest BCUT2D eigenvalue weighted by molar-refractivity contribution is -0.111. The van der Waals surface area contributed by atoms with E-state index in [2.05, 4.69) is 23.3 Å². The van der Waals surface area contributed by atoms with Crippen LogP contribution in [0.3, 0.4) is 0 Å². The Bertz CT molecular complexity index is 672. The molecule has 0 bridgehead atoms. The third-order valence-corrected chi connectivity index (χ3v) is 4.69. The average Bonchev–Trinajstić information content (AvgIpc) is 3.42. The van der Waals surface area contributed by atoms with Crippen LogP contribution in [0.2, 0.25) is 0 Å². The van der Waals surface area contributed by atoms with Crippen LogP contribution < -0.4 is 10.6 Å². The first kappa shape index (κ1) is 16.5. The zero-order chi connectivity index (χ0) is 17.0. The summed E-state index contributed by atoms with van der Waals surface area (Å²) in [5.74, 6) is -0.358. The second-order valence-electron chi connectivity index (χ2n) is 6.29. The van der Waals surface area contributed by atoms with Crippen molar-refractivity contribution in [2.75, 3.05) is 25.1 Å². The highest BCUT2D eigenvalue weighted by molar-refractivity contribution is 5.99. The Labute approximate surface area is 141 Å². The summed E-state index contributed by atoms with van der Waals surface area (Å²) in [5, 5.41) is 5.71. The minimum atomic E-state index is -0.271. The SMILES string of the molecule is C=CC(=O)Nc1ccc(C(=O)NCC2(C3=CCOCC3)CC2)cc1. The number of amides is 2. The van der Waals surface area contributed by atoms with Gasteiger partial charge in [0.05, 0.1) is 13.2 Å². The highest BCUT2D eigenvalue weighted by atomic mass is 16.5. The molecule has 0 radical (unpaired) electrons. The van der Waals surface area contributed by atoms with Gasteiger partial charge >= 0.3 is 0 Å². The summed E-state index contributed by atoms with van der Waals surface area (Å²) >= 11 is 0. The van der Waals surface area contributed by atoms with Crippen LogP contribution >= 0.6 is 0 Å². The molecule has 0 atom stereocenters. The first-order valence-electron chi connectivity index (χ1n) is 8.22. The van der Waals surface area contributed by atoms with E-state index in [1.807, 2.05) is 0 Å². The summed E-state index contributed by atoms with van der Waals surface area (Å²) < 4.78 is 5.36. The zero-order valence-corrected chi connectivity index (χ0v) is 13.6. The number of carbonyl (C=O) groups is 2. The maximum Gasteiger partial charge on any atom is 0.251 e. The summed E-state index contributed by atoms with van der Waals surface area (Å²) in [7, 11) is 0. The van der Waals surface area contributed by atoms with Gasteiger partial charge < -0.3 is 15.4 Å². The number of hydrogen-bond donors (Lipinski definition) is 2. The van der Waals surface area contributed by atoms with Gasteiger partial charge in [0.15, 0.2) is 0 Å². The van der Waals surface area contributed by atoms with Gasteiger partial charge in [-0.3, -0.25) is 9.59 Å². The molecule has 24 heavy (non-hydrogen) atoms. The van der Waals surface area contributed by atoms with Crippen LogP contribution in [0, 0.1) is 5.41 Å². The number of anilines is 1. The minimum absolute atomic E-state index is 0.0875. The average molecular weight is 326 g/mol. The van der Waals surface area contributed by atoms with Crippen molar-refractivity contribution in [3.05, 3.63) is 54.1 Å². The fourth-order valence-electron chi connectivity index (χ4n) is 3.02. The quantitative estimate of drug-likeness (QED) is 0.624. The largest absolute Gasteiger partial charge is 0.377 e. The van der Waals surface area contributed by atoms with E-state index >= 15 is 0 Å². The highest BCUT2D eigenvalue weighted by Gasteiger charge is 2.45. The predicted molar refractivity (Wildman–Crippen MR) is 92.8 cm³/mol.